The number of nitrogens with one attached hydrogen (secondary N) is 2. The molecule has 1 aliphatic heterocycles. The molecule has 3 rings (SSSR count). The molecule has 1 amide bonds. The Labute approximate surface area is 141 Å². The molecule has 1 atom stereocenters. The number of carbonyl (C=O) groups is 2. The zero-order chi connectivity index (χ0) is 18.2. The fourth-order valence-electron chi connectivity index (χ4n) is 2.64. The summed E-state index contributed by atoms with van der Waals surface area (Å²) in [7, 11) is -2.93. The van der Waals surface area contributed by atoms with Crippen LogP contribution in [0.2, 0.25) is 0 Å². The number of piperazine rings is 1. The summed E-state index contributed by atoms with van der Waals surface area (Å²) in [6.07, 6.45) is -0.400. The molecule has 10 nitrogen and oxygen atoms in total. The Morgan fingerprint density at radius 3 is 2.88 bits per heavy atom. The lowest BCUT2D eigenvalue weighted by Crippen LogP contribution is -2.57. The molecule has 2 aromatic rings. The van der Waals surface area contributed by atoms with Gasteiger partial charge in [0.05, 0.1) is 23.9 Å². The van der Waals surface area contributed by atoms with Crippen molar-refractivity contribution in [3.63, 3.8) is 0 Å². The lowest BCUT2D eigenvalue weighted by molar-refractivity contribution is -0.144. The van der Waals surface area contributed by atoms with E-state index in [1.807, 2.05) is 0 Å². The molecule has 0 saturated carbocycles. The molecule has 25 heavy (non-hydrogen) atoms. The fourth-order valence-corrected chi connectivity index (χ4v) is 4.24. The minimum atomic E-state index is -4.09. The maximum Gasteiger partial charge on any atom is 0.417 e. The van der Waals surface area contributed by atoms with Gasteiger partial charge in [-0.15, -0.1) is 0 Å². The fraction of sp³-hybridized carbons (Fsp3) is 0.357. The van der Waals surface area contributed by atoms with Crippen LogP contribution in [0.4, 0.5) is 0 Å². The van der Waals surface area contributed by atoms with Crippen LogP contribution in [0, 0.1) is 0 Å². The predicted octanol–water partition coefficient (Wildman–Crippen LogP) is -0.827. The molecule has 1 aromatic carbocycles. The van der Waals surface area contributed by atoms with Crippen molar-refractivity contribution >= 4 is 33.0 Å². The van der Waals surface area contributed by atoms with Gasteiger partial charge >= 0.3 is 11.7 Å². The summed E-state index contributed by atoms with van der Waals surface area (Å²) in [5, 5.41) is 2.53. The van der Waals surface area contributed by atoms with E-state index >= 15 is 0 Å². The molecule has 1 aliphatic rings. The lowest BCUT2D eigenvalue weighted by atomic mass is 10.1. The first kappa shape index (κ1) is 17.2. The van der Waals surface area contributed by atoms with E-state index in [0.717, 1.165) is 11.4 Å². The summed E-state index contributed by atoms with van der Waals surface area (Å²) in [5.41, 5.74) is 0.434. The van der Waals surface area contributed by atoms with Crippen molar-refractivity contribution in [2.75, 3.05) is 20.2 Å². The Balaban J connectivity index is 2.01. The van der Waals surface area contributed by atoms with Crippen molar-refractivity contribution in [3.8, 4) is 0 Å². The molecule has 2 heterocycles. The van der Waals surface area contributed by atoms with Crippen molar-refractivity contribution in [1.82, 2.24) is 14.6 Å². The molecule has 134 valence electrons. The molecule has 1 unspecified atom stereocenters. The number of H-pyrrole nitrogens is 1. The smallest absolute Gasteiger partial charge is 0.417 e. The summed E-state index contributed by atoms with van der Waals surface area (Å²) in [4.78, 5) is 37.1. The van der Waals surface area contributed by atoms with Crippen LogP contribution in [0.25, 0.3) is 11.1 Å². The minimum absolute atomic E-state index is 0.00482. The second-order valence-electron chi connectivity index (χ2n) is 5.38. The lowest BCUT2D eigenvalue weighted by Gasteiger charge is -2.33. The number of aromatic amines is 1. The normalized spacial score (nSPS) is 18.9. The number of hydrogen-bond donors (Lipinski definition) is 2. The highest BCUT2D eigenvalue weighted by Gasteiger charge is 2.40. The molecule has 11 heteroatoms. The van der Waals surface area contributed by atoms with Gasteiger partial charge in [-0.25, -0.2) is 13.2 Å². The molecular formula is C14H15N3O7S. The Bertz CT molecular complexity index is 991. The van der Waals surface area contributed by atoms with Crippen LogP contribution in [0.1, 0.15) is 6.42 Å². The summed E-state index contributed by atoms with van der Waals surface area (Å²) in [6, 6.07) is 2.68. The predicted molar refractivity (Wildman–Crippen MR) is 84.2 cm³/mol. The number of hydrogen-bond acceptors (Lipinski definition) is 7. The highest BCUT2D eigenvalue weighted by atomic mass is 32.2. The van der Waals surface area contributed by atoms with Crippen LogP contribution in [0.5, 0.6) is 0 Å². The van der Waals surface area contributed by atoms with Gasteiger partial charge in [0.25, 0.3) is 0 Å². The van der Waals surface area contributed by atoms with E-state index < -0.39 is 40.1 Å². The quantitative estimate of drug-likeness (QED) is 0.671. The maximum atomic E-state index is 12.9. The first-order valence-corrected chi connectivity index (χ1v) is 8.76. The van der Waals surface area contributed by atoms with Gasteiger partial charge in [-0.1, -0.05) is 0 Å². The highest BCUT2D eigenvalue weighted by Crippen LogP contribution is 2.24. The molecule has 0 spiro atoms. The van der Waals surface area contributed by atoms with Gasteiger partial charge in [-0.2, -0.15) is 4.31 Å². The van der Waals surface area contributed by atoms with Crippen LogP contribution < -0.4 is 11.1 Å². The zero-order valence-corrected chi connectivity index (χ0v) is 14.0. The van der Waals surface area contributed by atoms with Gasteiger partial charge in [0, 0.05) is 19.2 Å². The first-order chi connectivity index (χ1) is 11.8. The van der Waals surface area contributed by atoms with Crippen molar-refractivity contribution in [2.45, 2.75) is 17.4 Å². The van der Waals surface area contributed by atoms with Crippen molar-refractivity contribution < 1.29 is 27.2 Å². The van der Waals surface area contributed by atoms with Gasteiger partial charge in [0.15, 0.2) is 5.58 Å². The number of nitrogens with zero attached hydrogens (tertiary/aromatic N) is 1. The summed E-state index contributed by atoms with van der Waals surface area (Å²) in [6.45, 7) is 0.127. The van der Waals surface area contributed by atoms with E-state index in [4.69, 9.17) is 4.42 Å². The molecule has 0 bridgehead atoms. The SMILES string of the molecule is COC(=O)CC1C(=O)NCCN1S(=O)(=O)c1ccc2[nH]c(=O)oc2c1. The molecule has 1 fully saturated rings. The summed E-state index contributed by atoms with van der Waals surface area (Å²) in [5.74, 6) is -1.98. The Morgan fingerprint density at radius 2 is 2.16 bits per heavy atom. The molecule has 0 aliphatic carbocycles. The van der Waals surface area contributed by atoms with Crippen LogP contribution in [-0.2, 0) is 24.3 Å². The van der Waals surface area contributed by atoms with Crippen molar-refractivity contribution in [1.29, 1.82) is 0 Å². The van der Waals surface area contributed by atoms with Crippen LogP contribution in [0.3, 0.4) is 0 Å². The van der Waals surface area contributed by atoms with Gasteiger partial charge in [0.2, 0.25) is 15.9 Å². The van der Waals surface area contributed by atoms with E-state index in [-0.39, 0.29) is 23.6 Å². The third-order valence-electron chi connectivity index (χ3n) is 3.87. The number of esters is 1. The number of fused-ring (bicyclic) bond motifs is 1. The van der Waals surface area contributed by atoms with Gasteiger partial charge in [0.1, 0.15) is 6.04 Å². The Hall–Kier alpha value is -2.66. The second-order valence-corrected chi connectivity index (χ2v) is 7.27. The van der Waals surface area contributed by atoms with Crippen molar-refractivity contribution in [2.24, 2.45) is 0 Å². The third-order valence-corrected chi connectivity index (χ3v) is 5.77. The molecule has 1 saturated heterocycles. The number of ether oxygens (including phenoxy) is 1. The van der Waals surface area contributed by atoms with Crippen LogP contribution in [0.15, 0.2) is 32.3 Å². The topological polar surface area (TPSA) is 139 Å². The number of aromatic nitrogens is 1. The van der Waals surface area contributed by atoms with Gasteiger partial charge in [-0.3, -0.25) is 14.6 Å². The molecule has 1 aromatic heterocycles. The minimum Gasteiger partial charge on any atom is -0.469 e. The van der Waals surface area contributed by atoms with Crippen molar-refractivity contribution in [3.05, 3.63) is 28.7 Å². The Morgan fingerprint density at radius 1 is 1.40 bits per heavy atom. The number of oxazole rings is 1. The van der Waals surface area contributed by atoms with E-state index in [2.05, 4.69) is 15.0 Å². The van der Waals surface area contributed by atoms with E-state index in [1.165, 1.54) is 18.2 Å². The van der Waals surface area contributed by atoms with Crippen LogP contribution in [-0.4, -0.2) is 55.8 Å². The highest BCUT2D eigenvalue weighted by molar-refractivity contribution is 7.89. The van der Waals surface area contributed by atoms with Gasteiger partial charge in [-0.05, 0) is 12.1 Å². The Kier molecular flexibility index (Phi) is 4.35. The molecule has 2 N–H and O–H groups in total. The number of amides is 1. The standard InChI is InChI=1S/C14H15N3O7S/c1-23-12(18)7-10-13(19)15-4-5-17(10)25(21,22)8-2-3-9-11(6-8)24-14(20)16-9/h2-3,6,10H,4-5,7H2,1H3,(H,15,19)(H,16,20). The number of methoxy groups -OCH3 is 1. The summed E-state index contributed by atoms with van der Waals surface area (Å²) >= 11 is 0. The number of sulfonamides is 1. The second kappa shape index (κ2) is 6.33. The number of carbonyl (C=O) groups excluding carboxylic acids is 2. The van der Waals surface area contributed by atoms with E-state index in [1.54, 1.807) is 0 Å². The monoisotopic (exact) mass is 369 g/mol. The number of benzene rings is 1. The molecular weight excluding hydrogens is 354 g/mol. The average molecular weight is 369 g/mol. The van der Waals surface area contributed by atoms with Crippen LogP contribution >= 0.6 is 0 Å². The number of rotatable bonds is 4. The first-order valence-electron chi connectivity index (χ1n) is 7.32. The molecule has 0 radical (unpaired) electrons. The summed E-state index contributed by atoms with van der Waals surface area (Å²) < 4.78 is 36.2. The average Bonchev–Trinajstić information content (AvgIpc) is 2.95. The maximum absolute atomic E-state index is 12.9. The van der Waals surface area contributed by atoms with Gasteiger partial charge < -0.3 is 14.5 Å². The largest absolute Gasteiger partial charge is 0.469 e. The third kappa shape index (κ3) is 3.15. The zero-order valence-electron chi connectivity index (χ0n) is 13.1. The van der Waals surface area contributed by atoms with E-state index in [0.29, 0.717) is 5.52 Å². The van der Waals surface area contributed by atoms with E-state index in [9.17, 15) is 22.8 Å².